The minimum atomic E-state index is 0.557. The van der Waals surface area contributed by atoms with Crippen LogP contribution >= 0.6 is 0 Å². The van der Waals surface area contributed by atoms with Crippen LogP contribution in [0.25, 0.3) is 11.4 Å². The first kappa shape index (κ1) is 14.0. The van der Waals surface area contributed by atoms with Gasteiger partial charge in [0.15, 0.2) is 5.82 Å². The lowest BCUT2D eigenvalue weighted by Gasteiger charge is -2.34. The summed E-state index contributed by atoms with van der Waals surface area (Å²) < 4.78 is 1.70. The maximum Gasteiger partial charge on any atom is 0.181 e. The van der Waals surface area contributed by atoms with E-state index in [0.717, 1.165) is 28.9 Å². The van der Waals surface area contributed by atoms with E-state index in [0.29, 0.717) is 6.04 Å². The molecule has 1 aliphatic rings. The number of aryl methyl sites for hydroxylation is 1. The molecule has 3 atom stereocenters. The number of benzene rings is 1. The molecule has 1 aliphatic carbocycles. The fraction of sp³-hybridized carbons (Fsp3) is 0.562. The number of hydrogen-bond acceptors (Lipinski definition) is 4. The Morgan fingerprint density at radius 2 is 2.10 bits per heavy atom. The normalized spacial score (nSPS) is 25.8. The number of aromatic nitrogens is 4. The van der Waals surface area contributed by atoms with Crippen molar-refractivity contribution in [3.05, 3.63) is 24.3 Å². The Hall–Kier alpha value is -1.91. The van der Waals surface area contributed by atoms with Gasteiger partial charge < -0.3 is 5.32 Å². The number of anilines is 1. The molecular weight excluding hydrogens is 262 g/mol. The van der Waals surface area contributed by atoms with Crippen LogP contribution < -0.4 is 5.32 Å². The van der Waals surface area contributed by atoms with Crippen LogP contribution in [0, 0.1) is 11.8 Å². The van der Waals surface area contributed by atoms with Gasteiger partial charge in [0.05, 0.1) is 0 Å². The molecule has 0 spiro atoms. The van der Waals surface area contributed by atoms with Gasteiger partial charge in [-0.05, 0) is 47.2 Å². The molecule has 5 nitrogen and oxygen atoms in total. The van der Waals surface area contributed by atoms with Crippen molar-refractivity contribution in [1.29, 1.82) is 0 Å². The molecule has 1 N–H and O–H groups in total. The molecule has 21 heavy (non-hydrogen) atoms. The van der Waals surface area contributed by atoms with Gasteiger partial charge in [-0.25, -0.2) is 4.68 Å². The van der Waals surface area contributed by atoms with E-state index in [4.69, 9.17) is 0 Å². The molecule has 0 radical (unpaired) electrons. The van der Waals surface area contributed by atoms with Crippen LogP contribution in [0.15, 0.2) is 24.3 Å². The van der Waals surface area contributed by atoms with Gasteiger partial charge in [-0.3, -0.25) is 0 Å². The van der Waals surface area contributed by atoms with Crippen LogP contribution in [0.5, 0.6) is 0 Å². The molecular formula is C16H23N5. The van der Waals surface area contributed by atoms with Crippen LogP contribution in [0.2, 0.25) is 0 Å². The third-order valence-electron chi connectivity index (χ3n) is 4.55. The summed E-state index contributed by atoms with van der Waals surface area (Å²) in [6.45, 7) is 4.70. The van der Waals surface area contributed by atoms with Crippen LogP contribution in [0.1, 0.15) is 33.1 Å². The Bertz CT molecular complexity index is 606. The Kier molecular flexibility index (Phi) is 3.90. The third-order valence-corrected chi connectivity index (χ3v) is 4.55. The number of tetrazole rings is 1. The molecule has 1 aromatic heterocycles. The molecule has 1 saturated carbocycles. The number of nitrogens with one attached hydrogen (secondary N) is 1. The van der Waals surface area contributed by atoms with Crippen molar-refractivity contribution in [2.75, 3.05) is 5.32 Å². The standard InChI is InChI=1S/C16H23N5/c1-11-7-8-12(2)15(9-11)17-14-6-4-5-13(10-14)16-18-19-20-21(16)3/h4-6,10-12,15,17H,7-9H2,1-3H3. The van der Waals surface area contributed by atoms with Crippen molar-refractivity contribution in [3.8, 4) is 11.4 Å². The van der Waals surface area contributed by atoms with Gasteiger partial charge in [0, 0.05) is 24.3 Å². The molecule has 5 heteroatoms. The minimum absolute atomic E-state index is 0.557. The Morgan fingerprint density at radius 1 is 1.24 bits per heavy atom. The van der Waals surface area contributed by atoms with Crippen LogP contribution in [0.4, 0.5) is 5.69 Å². The second-order valence-electron chi connectivity index (χ2n) is 6.35. The van der Waals surface area contributed by atoms with Gasteiger partial charge in [-0.2, -0.15) is 0 Å². The summed E-state index contributed by atoms with van der Waals surface area (Å²) in [5, 5.41) is 15.4. The van der Waals surface area contributed by atoms with Crippen molar-refractivity contribution in [2.24, 2.45) is 18.9 Å². The molecule has 0 aliphatic heterocycles. The summed E-state index contributed by atoms with van der Waals surface area (Å²) in [6, 6.07) is 8.92. The van der Waals surface area contributed by atoms with Gasteiger partial charge in [0.2, 0.25) is 0 Å². The summed E-state index contributed by atoms with van der Waals surface area (Å²) in [6.07, 6.45) is 3.91. The van der Waals surface area contributed by atoms with E-state index >= 15 is 0 Å². The summed E-state index contributed by atoms with van der Waals surface area (Å²) in [4.78, 5) is 0. The van der Waals surface area contributed by atoms with E-state index in [9.17, 15) is 0 Å². The van der Waals surface area contributed by atoms with Crippen LogP contribution in [-0.4, -0.2) is 26.2 Å². The molecule has 3 rings (SSSR count). The quantitative estimate of drug-likeness (QED) is 0.941. The third kappa shape index (κ3) is 3.06. The van der Waals surface area contributed by atoms with Crippen LogP contribution in [0.3, 0.4) is 0 Å². The van der Waals surface area contributed by atoms with Gasteiger partial charge in [0.25, 0.3) is 0 Å². The van der Waals surface area contributed by atoms with Gasteiger partial charge in [0.1, 0.15) is 0 Å². The molecule has 3 unspecified atom stereocenters. The highest BCUT2D eigenvalue weighted by molar-refractivity contribution is 5.62. The molecule has 0 saturated heterocycles. The first-order valence-electron chi connectivity index (χ1n) is 7.73. The second kappa shape index (κ2) is 5.84. The highest BCUT2D eigenvalue weighted by atomic mass is 15.5. The summed E-state index contributed by atoms with van der Waals surface area (Å²) in [7, 11) is 1.86. The predicted molar refractivity (Wildman–Crippen MR) is 83.8 cm³/mol. The van der Waals surface area contributed by atoms with Gasteiger partial charge in [-0.1, -0.05) is 32.4 Å². The van der Waals surface area contributed by atoms with E-state index < -0.39 is 0 Å². The summed E-state index contributed by atoms with van der Waals surface area (Å²) in [5.41, 5.74) is 2.20. The lowest BCUT2D eigenvalue weighted by atomic mass is 9.80. The van der Waals surface area contributed by atoms with Gasteiger partial charge >= 0.3 is 0 Å². The average Bonchev–Trinajstić information content (AvgIpc) is 2.89. The first-order chi connectivity index (χ1) is 10.1. The number of nitrogens with zero attached hydrogens (tertiary/aromatic N) is 4. The van der Waals surface area contributed by atoms with Crippen molar-refractivity contribution in [3.63, 3.8) is 0 Å². The Labute approximate surface area is 125 Å². The zero-order valence-electron chi connectivity index (χ0n) is 13.0. The Balaban J connectivity index is 1.79. The van der Waals surface area contributed by atoms with E-state index in [2.05, 4.69) is 52.9 Å². The highest BCUT2D eigenvalue weighted by Gasteiger charge is 2.25. The smallest absolute Gasteiger partial charge is 0.181 e. The molecule has 0 bridgehead atoms. The van der Waals surface area contributed by atoms with Crippen molar-refractivity contribution < 1.29 is 0 Å². The second-order valence-corrected chi connectivity index (χ2v) is 6.35. The SMILES string of the molecule is CC1CCC(C)C(Nc2cccc(-c3nnnn3C)c2)C1. The van der Waals surface area contributed by atoms with Crippen molar-refractivity contribution in [1.82, 2.24) is 20.2 Å². The van der Waals surface area contributed by atoms with Crippen molar-refractivity contribution >= 4 is 5.69 Å². The molecule has 1 heterocycles. The fourth-order valence-corrected chi connectivity index (χ4v) is 3.17. The van der Waals surface area contributed by atoms with E-state index in [-0.39, 0.29) is 0 Å². The first-order valence-corrected chi connectivity index (χ1v) is 7.73. The van der Waals surface area contributed by atoms with Gasteiger partial charge in [-0.15, -0.1) is 5.10 Å². The van der Waals surface area contributed by atoms with E-state index in [1.54, 1.807) is 4.68 Å². The van der Waals surface area contributed by atoms with Crippen LogP contribution in [-0.2, 0) is 7.05 Å². The minimum Gasteiger partial charge on any atom is -0.382 e. The molecule has 112 valence electrons. The van der Waals surface area contributed by atoms with E-state index in [1.807, 2.05) is 13.1 Å². The molecule has 0 amide bonds. The van der Waals surface area contributed by atoms with Crippen molar-refractivity contribution in [2.45, 2.75) is 39.2 Å². The summed E-state index contributed by atoms with van der Waals surface area (Å²) in [5.74, 6) is 2.33. The predicted octanol–water partition coefficient (Wildman–Crippen LogP) is 3.11. The average molecular weight is 285 g/mol. The monoisotopic (exact) mass is 285 g/mol. The lowest BCUT2D eigenvalue weighted by Crippen LogP contribution is -2.33. The largest absolute Gasteiger partial charge is 0.382 e. The zero-order valence-corrected chi connectivity index (χ0v) is 13.0. The molecule has 1 aromatic carbocycles. The maximum absolute atomic E-state index is 4.08. The summed E-state index contributed by atoms with van der Waals surface area (Å²) >= 11 is 0. The zero-order chi connectivity index (χ0) is 14.8. The maximum atomic E-state index is 4.08. The number of hydrogen-bond donors (Lipinski definition) is 1. The lowest BCUT2D eigenvalue weighted by molar-refractivity contribution is 0.281. The molecule has 1 fully saturated rings. The topological polar surface area (TPSA) is 55.6 Å². The highest BCUT2D eigenvalue weighted by Crippen LogP contribution is 2.31. The molecule has 2 aromatic rings. The Morgan fingerprint density at radius 3 is 2.86 bits per heavy atom. The van der Waals surface area contributed by atoms with E-state index in [1.165, 1.54) is 19.3 Å². The fourth-order valence-electron chi connectivity index (χ4n) is 3.17. The number of rotatable bonds is 3.